The van der Waals surface area contributed by atoms with Gasteiger partial charge in [-0.2, -0.15) is 0 Å². The lowest BCUT2D eigenvalue weighted by Gasteiger charge is -2.15. The zero-order valence-corrected chi connectivity index (χ0v) is 15.3. The molecule has 0 spiro atoms. The molecule has 1 aliphatic heterocycles. The zero-order valence-electron chi connectivity index (χ0n) is 14.5. The summed E-state index contributed by atoms with van der Waals surface area (Å²) in [4.78, 5) is 19.7. The molecular weight excluding hydrogens is 346 g/mol. The van der Waals surface area contributed by atoms with Gasteiger partial charge in [0.05, 0.1) is 11.1 Å². The molecule has 1 N–H and O–H groups in total. The number of aromatic nitrogens is 1. The van der Waals surface area contributed by atoms with Crippen LogP contribution < -0.4 is 10.1 Å². The molecule has 1 amide bonds. The third-order valence-electron chi connectivity index (χ3n) is 4.55. The van der Waals surface area contributed by atoms with Gasteiger partial charge < -0.3 is 15.0 Å². The summed E-state index contributed by atoms with van der Waals surface area (Å²) in [6.45, 7) is 3.81. The number of hydrogen-bond donors (Lipinski definition) is 1. The highest BCUT2D eigenvalue weighted by Crippen LogP contribution is 2.28. The predicted molar refractivity (Wildman–Crippen MR) is 104 cm³/mol. The first-order valence-corrected chi connectivity index (χ1v) is 9.79. The molecule has 134 valence electrons. The van der Waals surface area contributed by atoms with Crippen molar-refractivity contribution in [2.45, 2.75) is 12.8 Å². The fourth-order valence-electron chi connectivity index (χ4n) is 3.24. The first-order chi connectivity index (χ1) is 12.8. The molecule has 5 nitrogen and oxygen atoms in total. The van der Waals surface area contributed by atoms with Crippen molar-refractivity contribution < 1.29 is 9.53 Å². The topological polar surface area (TPSA) is 54.5 Å². The van der Waals surface area contributed by atoms with Crippen molar-refractivity contribution in [1.29, 1.82) is 0 Å². The van der Waals surface area contributed by atoms with Crippen LogP contribution in [0.3, 0.4) is 0 Å². The van der Waals surface area contributed by atoms with E-state index in [4.69, 9.17) is 4.74 Å². The highest BCUT2D eigenvalue weighted by Gasteiger charge is 2.15. The average molecular weight is 367 g/mol. The Morgan fingerprint density at radius 1 is 1.19 bits per heavy atom. The van der Waals surface area contributed by atoms with Gasteiger partial charge in [-0.3, -0.25) is 4.79 Å². The molecular formula is C20H21N3O2S. The van der Waals surface area contributed by atoms with Gasteiger partial charge in [0.2, 0.25) is 5.88 Å². The number of para-hydroxylation sites is 1. The van der Waals surface area contributed by atoms with Crippen LogP contribution in [-0.2, 0) is 0 Å². The average Bonchev–Trinajstić information content (AvgIpc) is 3.35. The number of benzene rings is 1. The van der Waals surface area contributed by atoms with Gasteiger partial charge in [-0.1, -0.05) is 18.2 Å². The van der Waals surface area contributed by atoms with E-state index in [-0.39, 0.29) is 5.91 Å². The summed E-state index contributed by atoms with van der Waals surface area (Å²) < 4.78 is 5.82. The van der Waals surface area contributed by atoms with Crippen molar-refractivity contribution in [3.8, 4) is 10.9 Å². The van der Waals surface area contributed by atoms with Gasteiger partial charge in [0.15, 0.2) is 5.06 Å². The van der Waals surface area contributed by atoms with Gasteiger partial charge in [-0.15, -0.1) is 11.3 Å². The maximum atomic E-state index is 12.8. The Hall–Kier alpha value is -2.44. The first-order valence-electron chi connectivity index (χ1n) is 8.91. The Labute approximate surface area is 156 Å². The Kier molecular flexibility index (Phi) is 5.13. The molecule has 1 saturated heterocycles. The number of ether oxygens (including phenoxy) is 1. The second kappa shape index (κ2) is 7.85. The summed E-state index contributed by atoms with van der Waals surface area (Å²) in [5, 5.41) is 6.58. The van der Waals surface area contributed by atoms with Gasteiger partial charge in [0, 0.05) is 24.5 Å². The van der Waals surface area contributed by atoms with Crippen LogP contribution in [0.4, 0.5) is 0 Å². The van der Waals surface area contributed by atoms with E-state index in [0.717, 1.165) is 35.6 Å². The lowest BCUT2D eigenvalue weighted by molar-refractivity contribution is 0.0951. The standard InChI is InChI=1S/C20H21N3O2S/c24-20(21-9-12-23-10-3-4-11-23)16-14-18(25-19-8-5-13-26-19)22-17-7-2-1-6-15(16)17/h1-2,5-8,13-14H,3-4,9-12H2,(H,21,24). The molecule has 0 saturated carbocycles. The molecule has 26 heavy (non-hydrogen) atoms. The zero-order chi connectivity index (χ0) is 17.8. The van der Waals surface area contributed by atoms with Crippen LogP contribution in [0.15, 0.2) is 47.8 Å². The summed E-state index contributed by atoms with van der Waals surface area (Å²) in [7, 11) is 0. The fourth-order valence-corrected chi connectivity index (χ4v) is 3.83. The van der Waals surface area contributed by atoms with Crippen LogP contribution in [0.5, 0.6) is 10.9 Å². The third kappa shape index (κ3) is 3.86. The number of pyridine rings is 1. The van der Waals surface area contributed by atoms with Crippen molar-refractivity contribution in [1.82, 2.24) is 15.2 Å². The largest absolute Gasteiger partial charge is 0.428 e. The molecule has 0 unspecified atom stereocenters. The minimum Gasteiger partial charge on any atom is -0.428 e. The second-order valence-electron chi connectivity index (χ2n) is 6.36. The number of likely N-dealkylation sites (tertiary alicyclic amines) is 1. The van der Waals surface area contributed by atoms with Gasteiger partial charge in [0.1, 0.15) is 0 Å². The summed E-state index contributed by atoms with van der Waals surface area (Å²) in [5.74, 6) is 0.356. The first kappa shape index (κ1) is 17.0. The van der Waals surface area contributed by atoms with E-state index >= 15 is 0 Å². The Bertz CT molecular complexity index is 889. The van der Waals surface area contributed by atoms with Gasteiger partial charge in [-0.05, 0) is 49.5 Å². The number of amides is 1. The van der Waals surface area contributed by atoms with Gasteiger partial charge >= 0.3 is 0 Å². The highest BCUT2D eigenvalue weighted by atomic mass is 32.1. The van der Waals surface area contributed by atoms with Crippen molar-refractivity contribution in [2.75, 3.05) is 26.2 Å². The molecule has 0 atom stereocenters. The van der Waals surface area contributed by atoms with Crippen LogP contribution in [0.2, 0.25) is 0 Å². The van der Waals surface area contributed by atoms with E-state index in [1.807, 2.05) is 41.8 Å². The Morgan fingerprint density at radius 2 is 2.04 bits per heavy atom. The van der Waals surface area contributed by atoms with E-state index in [1.165, 1.54) is 24.2 Å². The van der Waals surface area contributed by atoms with Crippen molar-refractivity contribution in [3.05, 3.63) is 53.4 Å². The van der Waals surface area contributed by atoms with Crippen LogP contribution in [-0.4, -0.2) is 42.0 Å². The molecule has 3 heterocycles. The van der Waals surface area contributed by atoms with Crippen molar-refractivity contribution in [3.63, 3.8) is 0 Å². The van der Waals surface area contributed by atoms with Gasteiger partial charge in [-0.25, -0.2) is 4.98 Å². The van der Waals surface area contributed by atoms with Gasteiger partial charge in [0.25, 0.3) is 5.91 Å². The minimum atomic E-state index is -0.0844. The summed E-state index contributed by atoms with van der Waals surface area (Å²) in [5.41, 5.74) is 1.36. The van der Waals surface area contributed by atoms with Crippen molar-refractivity contribution in [2.24, 2.45) is 0 Å². The van der Waals surface area contributed by atoms with E-state index in [1.54, 1.807) is 6.07 Å². The molecule has 1 aliphatic rings. The molecule has 1 fully saturated rings. The number of nitrogens with zero attached hydrogens (tertiary/aromatic N) is 2. The molecule has 2 aromatic heterocycles. The lowest BCUT2D eigenvalue weighted by Crippen LogP contribution is -2.33. The lowest BCUT2D eigenvalue weighted by atomic mass is 10.1. The maximum absolute atomic E-state index is 12.8. The van der Waals surface area contributed by atoms with Crippen molar-refractivity contribution >= 4 is 28.1 Å². The number of carbonyl (C=O) groups is 1. The highest BCUT2D eigenvalue weighted by molar-refractivity contribution is 7.11. The quantitative estimate of drug-likeness (QED) is 0.718. The maximum Gasteiger partial charge on any atom is 0.252 e. The van der Waals surface area contributed by atoms with E-state index in [0.29, 0.717) is 18.0 Å². The minimum absolute atomic E-state index is 0.0844. The summed E-state index contributed by atoms with van der Waals surface area (Å²) >= 11 is 1.50. The van der Waals surface area contributed by atoms with E-state index in [9.17, 15) is 4.79 Å². The van der Waals surface area contributed by atoms with E-state index in [2.05, 4.69) is 15.2 Å². The molecule has 0 radical (unpaired) electrons. The Morgan fingerprint density at radius 3 is 2.85 bits per heavy atom. The summed E-state index contributed by atoms with van der Waals surface area (Å²) in [6, 6.07) is 13.2. The predicted octanol–water partition coefficient (Wildman–Crippen LogP) is 3.91. The third-order valence-corrected chi connectivity index (χ3v) is 5.29. The Balaban J connectivity index is 1.54. The number of fused-ring (bicyclic) bond motifs is 1. The molecule has 3 aromatic rings. The van der Waals surface area contributed by atoms with Crippen LogP contribution >= 0.6 is 11.3 Å². The SMILES string of the molecule is O=C(NCCN1CCCC1)c1cc(Oc2cccs2)nc2ccccc12. The van der Waals surface area contributed by atoms with Crippen LogP contribution in [0.25, 0.3) is 10.9 Å². The van der Waals surface area contributed by atoms with E-state index < -0.39 is 0 Å². The molecule has 0 aliphatic carbocycles. The smallest absolute Gasteiger partial charge is 0.252 e. The molecule has 6 heteroatoms. The van der Waals surface area contributed by atoms with Crippen LogP contribution in [0, 0.1) is 0 Å². The summed E-state index contributed by atoms with van der Waals surface area (Å²) in [6.07, 6.45) is 2.51. The number of nitrogens with one attached hydrogen (secondary N) is 1. The molecule has 1 aromatic carbocycles. The monoisotopic (exact) mass is 367 g/mol. The second-order valence-corrected chi connectivity index (χ2v) is 7.27. The molecule has 0 bridgehead atoms. The normalized spacial score (nSPS) is 14.6. The number of thiophene rings is 1. The number of carbonyl (C=O) groups excluding carboxylic acids is 1. The number of rotatable bonds is 6. The fraction of sp³-hybridized carbons (Fsp3) is 0.300. The molecule has 4 rings (SSSR count). The number of hydrogen-bond acceptors (Lipinski definition) is 5. The van der Waals surface area contributed by atoms with Crippen LogP contribution in [0.1, 0.15) is 23.2 Å².